The van der Waals surface area contributed by atoms with E-state index in [2.05, 4.69) is 5.32 Å². The maximum atomic E-state index is 11.4. The lowest BCUT2D eigenvalue weighted by Crippen LogP contribution is -2.50. The summed E-state index contributed by atoms with van der Waals surface area (Å²) in [5, 5.41) is 11.9. The summed E-state index contributed by atoms with van der Waals surface area (Å²) in [6.45, 7) is 3.82. The van der Waals surface area contributed by atoms with Crippen LogP contribution in [0.15, 0.2) is 0 Å². The first-order chi connectivity index (χ1) is 7.43. The molecule has 0 radical (unpaired) electrons. The van der Waals surface area contributed by atoms with Gasteiger partial charge < -0.3 is 10.4 Å². The molecule has 0 aromatic heterocycles. The van der Waals surface area contributed by atoms with E-state index < -0.39 is 23.8 Å². The summed E-state index contributed by atoms with van der Waals surface area (Å²) in [5.41, 5.74) is 0. The number of carbonyl (C=O) groups excluding carboxylic acids is 2. The van der Waals surface area contributed by atoms with Crippen molar-refractivity contribution in [2.24, 2.45) is 0 Å². The van der Waals surface area contributed by atoms with Crippen LogP contribution in [0.3, 0.4) is 0 Å². The molecule has 1 aliphatic heterocycles. The Bertz CT molecular complexity index is 298. The van der Waals surface area contributed by atoms with Crippen LogP contribution in [0, 0.1) is 0 Å². The predicted molar refractivity (Wildman–Crippen MR) is 55.6 cm³/mol. The lowest BCUT2D eigenvalue weighted by Gasteiger charge is -2.23. The zero-order chi connectivity index (χ0) is 12.3. The van der Waals surface area contributed by atoms with E-state index in [0.717, 1.165) is 4.90 Å². The van der Waals surface area contributed by atoms with Crippen LogP contribution in [-0.2, 0) is 14.4 Å². The number of carbonyl (C=O) groups is 3. The van der Waals surface area contributed by atoms with Crippen molar-refractivity contribution in [3.8, 4) is 0 Å². The third kappa shape index (κ3) is 2.79. The number of carboxylic acids is 1. The van der Waals surface area contributed by atoms with Gasteiger partial charge in [0.2, 0.25) is 11.8 Å². The molecule has 1 heterocycles. The second-order valence-corrected chi connectivity index (χ2v) is 4.07. The fourth-order valence-corrected chi connectivity index (χ4v) is 1.58. The third-order valence-electron chi connectivity index (χ3n) is 2.41. The number of aliphatic carboxylic acids is 1. The minimum Gasteiger partial charge on any atom is -0.480 e. The standard InChI is InChI=1S/C10H16N2O4/c1-6(2)11-5-7(10(15)16)12-8(13)3-4-9(12)14/h6-7,11H,3-5H2,1-2H3,(H,15,16). The Kier molecular flexibility index (Phi) is 4.00. The fraction of sp³-hybridized carbons (Fsp3) is 0.700. The van der Waals surface area contributed by atoms with E-state index >= 15 is 0 Å². The summed E-state index contributed by atoms with van der Waals surface area (Å²) in [7, 11) is 0. The van der Waals surface area contributed by atoms with E-state index in [0.29, 0.717) is 0 Å². The summed E-state index contributed by atoms with van der Waals surface area (Å²) in [5.74, 6) is -1.96. The number of imide groups is 1. The van der Waals surface area contributed by atoms with Crippen molar-refractivity contribution in [3.63, 3.8) is 0 Å². The van der Waals surface area contributed by atoms with E-state index in [1.54, 1.807) is 0 Å². The smallest absolute Gasteiger partial charge is 0.328 e. The van der Waals surface area contributed by atoms with Gasteiger partial charge in [-0.1, -0.05) is 13.8 Å². The van der Waals surface area contributed by atoms with Crippen LogP contribution in [0.5, 0.6) is 0 Å². The lowest BCUT2D eigenvalue weighted by atomic mass is 10.2. The second kappa shape index (κ2) is 5.07. The van der Waals surface area contributed by atoms with Gasteiger partial charge in [-0.15, -0.1) is 0 Å². The molecule has 0 spiro atoms. The van der Waals surface area contributed by atoms with Gasteiger partial charge in [-0.25, -0.2) is 4.79 Å². The van der Waals surface area contributed by atoms with Crippen molar-refractivity contribution in [1.29, 1.82) is 0 Å². The minimum atomic E-state index is -1.16. The van der Waals surface area contributed by atoms with Gasteiger partial charge in [-0.2, -0.15) is 0 Å². The molecule has 2 amide bonds. The monoisotopic (exact) mass is 228 g/mol. The highest BCUT2D eigenvalue weighted by Gasteiger charge is 2.38. The first-order valence-corrected chi connectivity index (χ1v) is 5.24. The molecular weight excluding hydrogens is 212 g/mol. The molecule has 0 aromatic rings. The van der Waals surface area contributed by atoms with Crippen LogP contribution in [0.2, 0.25) is 0 Å². The van der Waals surface area contributed by atoms with Crippen molar-refractivity contribution in [2.75, 3.05) is 6.54 Å². The molecule has 1 atom stereocenters. The third-order valence-corrected chi connectivity index (χ3v) is 2.41. The van der Waals surface area contributed by atoms with Crippen LogP contribution >= 0.6 is 0 Å². The largest absolute Gasteiger partial charge is 0.480 e. The van der Waals surface area contributed by atoms with Crippen LogP contribution in [0.25, 0.3) is 0 Å². The Morgan fingerprint density at radius 2 is 1.88 bits per heavy atom. The Morgan fingerprint density at radius 3 is 2.25 bits per heavy atom. The van der Waals surface area contributed by atoms with Crippen molar-refractivity contribution >= 4 is 17.8 Å². The molecule has 6 nitrogen and oxygen atoms in total. The number of nitrogens with one attached hydrogen (secondary N) is 1. The molecule has 0 aromatic carbocycles. The van der Waals surface area contributed by atoms with Gasteiger partial charge in [0, 0.05) is 25.4 Å². The summed E-state index contributed by atoms with van der Waals surface area (Å²) < 4.78 is 0. The average molecular weight is 228 g/mol. The first-order valence-electron chi connectivity index (χ1n) is 5.24. The first kappa shape index (κ1) is 12.6. The van der Waals surface area contributed by atoms with E-state index in [1.807, 2.05) is 13.8 Å². The molecule has 90 valence electrons. The Balaban J connectivity index is 2.73. The normalized spacial score (nSPS) is 18.3. The van der Waals surface area contributed by atoms with Crippen molar-refractivity contribution < 1.29 is 19.5 Å². The van der Waals surface area contributed by atoms with Gasteiger partial charge in [0.05, 0.1) is 0 Å². The van der Waals surface area contributed by atoms with Crippen LogP contribution in [0.4, 0.5) is 0 Å². The molecule has 0 bridgehead atoms. The van der Waals surface area contributed by atoms with Gasteiger partial charge in [0.15, 0.2) is 0 Å². The highest BCUT2D eigenvalue weighted by atomic mass is 16.4. The summed E-state index contributed by atoms with van der Waals surface area (Å²) in [6.07, 6.45) is 0.231. The van der Waals surface area contributed by atoms with Gasteiger partial charge in [-0.05, 0) is 0 Å². The molecule has 1 fully saturated rings. The maximum Gasteiger partial charge on any atom is 0.328 e. The zero-order valence-corrected chi connectivity index (χ0v) is 9.40. The van der Waals surface area contributed by atoms with Crippen molar-refractivity contribution in [3.05, 3.63) is 0 Å². The highest BCUT2D eigenvalue weighted by molar-refractivity contribution is 6.04. The van der Waals surface area contributed by atoms with Gasteiger partial charge in [0.1, 0.15) is 6.04 Å². The Morgan fingerprint density at radius 1 is 1.38 bits per heavy atom. The number of hydrogen-bond donors (Lipinski definition) is 2. The van der Waals surface area contributed by atoms with Gasteiger partial charge >= 0.3 is 5.97 Å². The quantitative estimate of drug-likeness (QED) is 0.624. The molecule has 1 saturated heterocycles. The topological polar surface area (TPSA) is 86.7 Å². The molecule has 0 saturated carbocycles. The summed E-state index contributed by atoms with van der Waals surface area (Å²) in [4.78, 5) is 34.6. The van der Waals surface area contributed by atoms with Gasteiger partial charge in [-0.3, -0.25) is 14.5 Å². The summed E-state index contributed by atoms with van der Waals surface area (Å²) >= 11 is 0. The number of likely N-dealkylation sites (tertiary alicyclic amines) is 1. The second-order valence-electron chi connectivity index (χ2n) is 4.07. The van der Waals surface area contributed by atoms with E-state index in [9.17, 15) is 14.4 Å². The lowest BCUT2D eigenvalue weighted by molar-refractivity contribution is -0.154. The molecule has 2 N–H and O–H groups in total. The van der Waals surface area contributed by atoms with Crippen molar-refractivity contribution in [2.45, 2.75) is 38.8 Å². The number of hydrogen-bond acceptors (Lipinski definition) is 4. The minimum absolute atomic E-state index is 0.0878. The number of rotatable bonds is 5. The molecule has 16 heavy (non-hydrogen) atoms. The van der Waals surface area contributed by atoms with E-state index in [1.165, 1.54) is 0 Å². The Labute approximate surface area is 93.6 Å². The number of carboxylic acid groups (broad SMARTS) is 1. The number of nitrogens with zero attached hydrogens (tertiary/aromatic N) is 1. The van der Waals surface area contributed by atoms with E-state index in [4.69, 9.17) is 5.11 Å². The molecule has 1 rings (SSSR count). The van der Waals surface area contributed by atoms with Crippen LogP contribution in [0.1, 0.15) is 26.7 Å². The van der Waals surface area contributed by atoms with Crippen LogP contribution < -0.4 is 5.32 Å². The maximum absolute atomic E-state index is 11.4. The van der Waals surface area contributed by atoms with Crippen LogP contribution in [-0.4, -0.2) is 46.4 Å². The zero-order valence-electron chi connectivity index (χ0n) is 9.40. The molecule has 1 aliphatic rings. The highest BCUT2D eigenvalue weighted by Crippen LogP contribution is 2.15. The SMILES string of the molecule is CC(C)NCC(C(=O)O)N1C(=O)CCC1=O. The number of amides is 2. The van der Waals surface area contributed by atoms with Crippen molar-refractivity contribution in [1.82, 2.24) is 10.2 Å². The summed E-state index contributed by atoms with van der Waals surface area (Å²) in [6, 6.07) is -0.987. The van der Waals surface area contributed by atoms with E-state index in [-0.39, 0.29) is 25.4 Å². The molecule has 1 unspecified atom stereocenters. The van der Waals surface area contributed by atoms with Gasteiger partial charge in [0.25, 0.3) is 0 Å². The molecular formula is C10H16N2O4. The fourth-order valence-electron chi connectivity index (χ4n) is 1.58. The molecule has 6 heteroatoms. The predicted octanol–water partition coefficient (Wildman–Crippen LogP) is -0.413. The average Bonchev–Trinajstić information content (AvgIpc) is 2.48. The Hall–Kier alpha value is -1.43. The molecule has 0 aliphatic carbocycles.